The van der Waals surface area contributed by atoms with E-state index in [4.69, 9.17) is 4.74 Å². The number of hydrogen-bond acceptors (Lipinski definition) is 4. The number of carbonyl (C=O) groups is 1. The molecule has 1 aromatic rings. The van der Waals surface area contributed by atoms with Crippen molar-refractivity contribution in [3.8, 4) is 5.75 Å². The van der Waals surface area contributed by atoms with Crippen molar-refractivity contribution in [2.75, 3.05) is 25.1 Å². The van der Waals surface area contributed by atoms with Crippen LogP contribution in [-0.2, 0) is 4.79 Å². The molecule has 1 aromatic carbocycles. The van der Waals surface area contributed by atoms with Gasteiger partial charge in [-0.05, 0) is 19.2 Å². The van der Waals surface area contributed by atoms with Gasteiger partial charge in [0, 0.05) is 32.9 Å². The molecule has 5 nitrogen and oxygen atoms in total. The van der Waals surface area contributed by atoms with Gasteiger partial charge < -0.3 is 9.64 Å². The Hall–Kier alpha value is -1.75. The van der Waals surface area contributed by atoms with Crippen LogP contribution < -0.4 is 15.2 Å². The fraction of sp³-hybridized carbons (Fsp3) is 0.500. The number of hydrogen-bond donors (Lipinski definition) is 1. The summed E-state index contributed by atoms with van der Waals surface area (Å²) in [5.74, 6) is 0.777. The summed E-state index contributed by atoms with van der Waals surface area (Å²) < 4.78 is 6.18. The molecule has 1 spiro atoms. The number of para-hydroxylation sites is 2. The summed E-state index contributed by atoms with van der Waals surface area (Å²) in [6.45, 7) is 3.46. The first-order chi connectivity index (χ1) is 9.11. The normalized spacial score (nSPS) is 21.1. The van der Waals surface area contributed by atoms with Crippen molar-refractivity contribution < 1.29 is 9.53 Å². The second-order valence-corrected chi connectivity index (χ2v) is 5.32. The Balaban J connectivity index is 1.95. The van der Waals surface area contributed by atoms with E-state index in [1.54, 1.807) is 0 Å². The number of hydrazine groups is 1. The van der Waals surface area contributed by atoms with Crippen molar-refractivity contribution in [3.63, 3.8) is 0 Å². The van der Waals surface area contributed by atoms with Gasteiger partial charge in [-0.3, -0.25) is 10.2 Å². The smallest absolute Gasteiger partial charge is 0.235 e. The largest absolute Gasteiger partial charge is 0.464 e. The van der Waals surface area contributed by atoms with E-state index < -0.39 is 5.72 Å². The Labute approximate surface area is 113 Å². The average molecular weight is 261 g/mol. The maximum absolute atomic E-state index is 11.5. The van der Waals surface area contributed by atoms with E-state index in [1.165, 1.54) is 6.92 Å². The van der Waals surface area contributed by atoms with Crippen LogP contribution in [0.2, 0.25) is 0 Å². The minimum absolute atomic E-state index is 0.0707. The number of nitrogens with one attached hydrogen (secondary N) is 1. The zero-order valence-corrected chi connectivity index (χ0v) is 11.3. The molecule has 0 aliphatic carbocycles. The third-order valence-corrected chi connectivity index (χ3v) is 3.85. The van der Waals surface area contributed by atoms with Crippen molar-refractivity contribution in [1.82, 2.24) is 10.3 Å². The number of carbonyl (C=O) groups excluding carboxylic acids is 1. The molecular formula is C14H19N3O2. The zero-order chi connectivity index (χ0) is 13.5. The molecule has 1 amide bonds. The lowest BCUT2D eigenvalue weighted by molar-refractivity contribution is -0.120. The predicted molar refractivity (Wildman–Crippen MR) is 72.8 cm³/mol. The monoisotopic (exact) mass is 261 g/mol. The minimum atomic E-state index is -0.429. The highest BCUT2D eigenvalue weighted by atomic mass is 16.5. The molecule has 1 fully saturated rings. The van der Waals surface area contributed by atoms with Crippen LogP contribution in [0.1, 0.15) is 19.8 Å². The molecule has 0 atom stereocenters. The van der Waals surface area contributed by atoms with Gasteiger partial charge in [0.25, 0.3) is 0 Å². The Morgan fingerprint density at radius 2 is 2.00 bits per heavy atom. The third kappa shape index (κ3) is 2.04. The standard InChI is InChI=1S/C14H19N3O2/c1-11(18)15-17-12-5-3-4-6-13(12)19-14(17)7-9-16(2)10-8-14/h3-6H,7-10H2,1-2H3,(H,15,18). The number of amides is 1. The van der Waals surface area contributed by atoms with Crippen molar-refractivity contribution in [3.05, 3.63) is 24.3 Å². The lowest BCUT2D eigenvalue weighted by Crippen LogP contribution is -2.61. The number of piperidine rings is 1. The predicted octanol–water partition coefficient (Wildman–Crippen LogP) is 1.36. The third-order valence-electron chi connectivity index (χ3n) is 3.85. The SMILES string of the molecule is CC(=O)NN1c2ccccc2OC12CCN(C)CC2. The lowest BCUT2D eigenvalue weighted by Gasteiger charge is -2.42. The van der Waals surface area contributed by atoms with Gasteiger partial charge in [0.1, 0.15) is 11.4 Å². The van der Waals surface area contributed by atoms with Crippen LogP contribution in [0.3, 0.4) is 0 Å². The van der Waals surface area contributed by atoms with Gasteiger partial charge >= 0.3 is 0 Å². The Morgan fingerprint density at radius 1 is 1.32 bits per heavy atom. The number of benzene rings is 1. The van der Waals surface area contributed by atoms with Gasteiger partial charge in [-0.2, -0.15) is 0 Å². The zero-order valence-electron chi connectivity index (χ0n) is 11.3. The minimum Gasteiger partial charge on any atom is -0.464 e. The molecule has 0 aromatic heterocycles. The summed E-state index contributed by atoms with van der Waals surface area (Å²) in [4.78, 5) is 13.8. The van der Waals surface area contributed by atoms with Crippen molar-refractivity contribution in [1.29, 1.82) is 0 Å². The maximum Gasteiger partial charge on any atom is 0.235 e. The molecule has 0 radical (unpaired) electrons. The van der Waals surface area contributed by atoms with E-state index in [9.17, 15) is 4.79 Å². The second-order valence-electron chi connectivity index (χ2n) is 5.32. The number of fused-ring (bicyclic) bond motifs is 1. The molecule has 1 saturated heterocycles. The fourth-order valence-corrected chi connectivity index (χ4v) is 2.81. The van der Waals surface area contributed by atoms with Crippen molar-refractivity contribution >= 4 is 11.6 Å². The molecule has 19 heavy (non-hydrogen) atoms. The first-order valence-corrected chi connectivity index (χ1v) is 6.65. The highest BCUT2D eigenvalue weighted by Gasteiger charge is 2.48. The molecule has 0 saturated carbocycles. The van der Waals surface area contributed by atoms with Gasteiger partial charge in [-0.1, -0.05) is 12.1 Å². The van der Waals surface area contributed by atoms with Gasteiger partial charge in [0.05, 0.1) is 0 Å². The summed E-state index contributed by atoms with van der Waals surface area (Å²) in [5, 5.41) is 1.91. The molecule has 1 N–H and O–H groups in total. The van der Waals surface area contributed by atoms with Gasteiger partial charge in [0.2, 0.25) is 11.6 Å². The van der Waals surface area contributed by atoms with Crippen LogP contribution >= 0.6 is 0 Å². The van der Waals surface area contributed by atoms with Gasteiger partial charge in [0.15, 0.2) is 0 Å². The summed E-state index contributed by atoms with van der Waals surface area (Å²) >= 11 is 0. The summed E-state index contributed by atoms with van der Waals surface area (Å²) in [6.07, 6.45) is 1.75. The van der Waals surface area contributed by atoms with Crippen LogP contribution in [0, 0.1) is 0 Å². The molecule has 0 bridgehead atoms. The van der Waals surface area contributed by atoms with E-state index in [2.05, 4.69) is 17.4 Å². The van der Waals surface area contributed by atoms with Gasteiger partial charge in [-0.15, -0.1) is 0 Å². The number of likely N-dealkylation sites (tertiary alicyclic amines) is 1. The van der Waals surface area contributed by atoms with Crippen LogP contribution in [0.25, 0.3) is 0 Å². The number of nitrogens with zero attached hydrogens (tertiary/aromatic N) is 2. The highest BCUT2D eigenvalue weighted by Crippen LogP contribution is 2.45. The maximum atomic E-state index is 11.5. The Kier molecular flexibility index (Phi) is 2.86. The van der Waals surface area contributed by atoms with Crippen LogP contribution in [0.15, 0.2) is 24.3 Å². The van der Waals surface area contributed by atoms with E-state index in [-0.39, 0.29) is 5.91 Å². The molecule has 102 valence electrons. The van der Waals surface area contributed by atoms with E-state index >= 15 is 0 Å². The summed E-state index contributed by atoms with van der Waals surface area (Å²) in [6, 6.07) is 7.86. The number of rotatable bonds is 1. The van der Waals surface area contributed by atoms with E-state index in [0.717, 1.165) is 37.4 Å². The highest BCUT2D eigenvalue weighted by molar-refractivity contribution is 5.77. The van der Waals surface area contributed by atoms with Crippen LogP contribution in [0.5, 0.6) is 5.75 Å². The van der Waals surface area contributed by atoms with Crippen molar-refractivity contribution in [2.24, 2.45) is 0 Å². The second kappa shape index (κ2) is 4.42. The Bertz CT molecular complexity index is 495. The molecule has 2 aliphatic rings. The summed E-state index contributed by atoms with van der Waals surface area (Å²) in [7, 11) is 2.11. The van der Waals surface area contributed by atoms with E-state index in [1.807, 2.05) is 29.3 Å². The topological polar surface area (TPSA) is 44.8 Å². The van der Waals surface area contributed by atoms with Gasteiger partial charge in [-0.25, -0.2) is 5.01 Å². The first kappa shape index (κ1) is 12.3. The number of anilines is 1. The lowest BCUT2D eigenvalue weighted by atomic mass is 10.0. The first-order valence-electron chi connectivity index (χ1n) is 6.65. The average Bonchev–Trinajstić information content (AvgIpc) is 2.68. The molecular weight excluding hydrogens is 242 g/mol. The van der Waals surface area contributed by atoms with Crippen LogP contribution in [0.4, 0.5) is 5.69 Å². The molecule has 2 aliphatic heterocycles. The fourth-order valence-electron chi connectivity index (χ4n) is 2.81. The van der Waals surface area contributed by atoms with Crippen LogP contribution in [-0.4, -0.2) is 36.7 Å². The molecule has 0 unspecified atom stereocenters. The molecule has 2 heterocycles. The summed E-state index contributed by atoms with van der Waals surface area (Å²) in [5.41, 5.74) is 3.44. The molecule has 3 rings (SSSR count). The number of ether oxygens (including phenoxy) is 1. The Morgan fingerprint density at radius 3 is 2.68 bits per heavy atom. The van der Waals surface area contributed by atoms with E-state index in [0.29, 0.717) is 0 Å². The van der Waals surface area contributed by atoms with Crippen molar-refractivity contribution in [2.45, 2.75) is 25.5 Å². The molecule has 5 heteroatoms. The quantitative estimate of drug-likeness (QED) is 0.829.